The minimum Gasteiger partial charge on any atom is -0.361 e. The van der Waals surface area contributed by atoms with E-state index in [-0.39, 0.29) is 6.04 Å². The van der Waals surface area contributed by atoms with Crippen LogP contribution in [0.1, 0.15) is 31.3 Å². The third-order valence-electron chi connectivity index (χ3n) is 1.71. The van der Waals surface area contributed by atoms with E-state index in [1.54, 1.807) is 0 Å². The predicted octanol–water partition coefficient (Wildman–Crippen LogP) is 1.64. The van der Waals surface area contributed by atoms with Gasteiger partial charge in [0.05, 0.1) is 6.04 Å². The fourth-order valence-electron chi connectivity index (χ4n) is 0.884. The zero-order valence-electron chi connectivity index (χ0n) is 7.16. The zero-order chi connectivity index (χ0) is 8.43. The fourth-order valence-corrected chi connectivity index (χ4v) is 0.884. The lowest BCUT2D eigenvalue weighted by molar-refractivity contribution is 0.375. The average Bonchev–Trinajstić information content (AvgIpc) is 2.34. The first kappa shape index (κ1) is 8.27. The quantitative estimate of drug-likeness (QED) is 0.704. The molecule has 0 bridgehead atoms. The Hall–Kier alpha value is -0.830. The summed E-state index contributed by atoms with van der Waals surface area (Å²) in [5.74, 6) is 1.22. The van der Waals surface area contributed by atoms with Crippen molar-refractivity contribution in [2.45, 2.75) is 26.8 Å². The van der Waals surface area contributed by atoms with E-state index < -0.39 is 0 Å². The second-order valence-electron chi connectivity index (χ2n) is 3.13. The van der Waals surface area contributed by atoms with Crippen LogP contribution in [0.4, 0.5) is 0 Å². The molecule has 1 rings (SSSR count). The van der Waals surface area contributed by atoms with Gasteiger partial charge in [0.15, 0.2) is 0 Å². The second kappa shape index (κ2) is 3.05. The molecule has 0 aromatic carbocycles. The van der Waals surface area contributed by atoms with Crippen LogP contribution >= 0.6 is 0 Å². The molecule has 1 atom stereocenters. The third kappa shape index (κ3) is 1.80. The van der Waals surface area contributed by atoms with Crippen molar-refractivity contribution in [2.24, 2.45) is 11.7 Å². The van der Waals surface area contributed by atoms with Crippen LogP contribution in [0, 0.1) is 12.8 Å². The highest BCUT2D eigenvalue weighted by atomic mass is 16.5. The standard InChI is InChI=1S/C8H14N2O/c1-5(2)8(9)7-4-6(3)11-10-7/h4-5,8H,9H2,1-3H3. The summed E-state index contributed by atoms with van der Waals surface area (Å²) in [6, 6.07) is 1.87. The summed E-state index contributed by atoms with van der Waals surface area (Å²) in [6.45, 7) is 5.99. The maximum atomic E-state index is 5.83. The predicted molar refractivity (Wildman–Crippen MR) is 43.0 cm³/mol. The van der Waals surface area contributed by atoms with E-state index in [1.807, 2.05) is 13.0 Å². The van der Waals surface area contributed by atoms with Crippen LogP contribution < -0.4 is 5.73 Å². The Labute approximate surface area is 66.6 Å². The Kier molecular flexibility index (Phi) is 2.29. The van der Waals surface area contributed by atoms with Crippen LogP contribution in [-0.2, 0) is 0 Å². The van der Waals surface area contributed by atoms with Crippen LogP contribution in [0.2, 0.25) is 0 Å². The Bertz CT molecular complexity index is 230. The van der Waals surface area contributed by atoms with Crippen molar-refractivity contribution in [3.05, 3.63) is 17.5 Å². The summed E-state index contributed by atoms with van der Waals surface area (Å²) in [7, 11) is 0. The molecule has 11 heavy (non-hydrogen) atoms. The van der Waals surface area contributed by atoms with Gasteiger partial charge in [0.25, 0.3) is 0 Å². The minimum atomic E-state index is -0.00699. The van der Waals surface area contributed by atoms with E-state index in [9.17, 15) is 0 Å². The molecule has 1 aromatic heterocycles. The van der Waals surface area contributed by atoms with Gasteiger partial charge in [-0.05, 0) is 12.8 Å². The molecule has 3 heteroatoms. The number of aromatic nitrogens is 1. The summed E-state index contributed by atoms with van der Waals surface area (Å²) >= 11 is 0. The molecule has 62 valence electrons. The monoisotopic (exact) mass is 154 g/mol. The molecule has 0 amide bonds. The number of hydrogen-bond acceptors (Lipinski definition) is 3. The molecular formula is C8H14N2O. The normalized spacial score (nSPS) is 13.9. The van der Waals surface area contributed by atoms with Gasteiger partial charge in [0, 0.05) is 6.07 Å². The molecule has 0 spiro atoms. The van der Waals surface area contributed by atoms with E-state index in [2.05, 4.69) is 19.0 Å². The summed E-state index contributed by atoms with van der Waals surface area (Å²) < 4.78 is 4.91. The van der Waals surface area contributed by atoms with Gasteiger partial charge in [0.2, 0.25) is 0 Å². The Morgan fingerprint density at radius 2 is 2.18 bits per heavy atom. The maximum Gasteiger partial charge on any atom is 0.133 e. The number of nitrogens with zero attached hydrogens (tertiary/aromatic N) is 1. The first-order valence-electron chi connectivity index (χ1n) is 3.80. The second-order valence-corrected chi connectivity index (χ2v) is 3.13. The fraction of sp³-hybridized carbons (Fsp3) is 0.625. The Morgan fingerprint density at radius 1 is 1.55 bits per heavy atom. The first-order chi connectivity index (χ1) is 5.11. The van der Waals surface area contributed by atoms with E-state index in [1.165, 1.54) is 0 Å². The van der Waals surface area contributed by atoms with Crippen molar-refractivity contribution < 1.29 is 4.52 Å². The van der Waals surface area contributed by atoms with Crippen molar-refractivity contribution >= 4 is 0 Å². The summed E-state index contributed by atoms with van der Waals surface area (Å²) in [6.07, 6.45) is 0. The Balaban J connectivity index is 2.76. The van der Waals surface area contributed by atoms with Crippen LogP contribution in [0.15, 0.2) is 10.6 Å². The molecule has 0 saturated carbocycles. The zero-order valence-corrected chi connectivity index (χ0v) is 7.16. The van der Waals surface area contributed by atoms with Crippen molar-refractivity contribution in [3.8, 4) is 0 Å². The first-order valence-corrected chi connectivity index (χ1v) is 3.80. The molecule has 0 radical (unpaired) electrons. The van der Waals surface area contributed by atoms with Crippen molar-refractivity contribution in [3.63, 3.8) is 0 Å². The van der Waals surface area contributed by atoms with Gasteiger partial charge in [-0.2, -0.15) is 0 Å². The average molecular weight is 154 g/mol. The number of rotatable bonds is 2. The smallest absolute Gasteiger partial charge is 0.133 e. The van der Waals surface area contributed by atoms with Gasteiger partial charge in [0.1, 0.15) is 11.5 Å². The van der Waals surface area contributed by atoms with E-state index in [0.717, 1.165) is 11.5 Å². The lowest BCUT2D eigenvalue weighted by Crippen LogP contribution is -2.16. The van der Waals surface area contributed by atoms with Crippen molar-refractivity contribution in [1.82, 2.24) is 5.16 Å². The number of hydrogen-bond donors (Lipinski definition) is 1. The van der Waals surface area contributed by atoms with Crippen LogP contribution in [0.3, 0.4) is 0 Å². The molecule has 0 saturated heterocycles. The molecule has 1 aromatic rings. The lowest BCUT2D eigenvalue weighted by Gasteiger charge is -2.10. The van der Waals surface area contributed by atoms with Gasteiger partial charge >= 0.3 is 0 Å². The Morgan fingerprint density at radius 3 is 2.55 bits per heavy atom. The van der Waals surface area contributed by atoms with Crippen LogP contribution in [0.5, 0.6) is 0 Å². The highest BCUT2D eigenvalue weighted by Gasteiger charge is 2.13. The van der Waals surface area contributed by atoms with E-state index >= 15 is 0 Å². The van der Waals surface area contributed by atoms with Gasteiger partial charge in [-0.3, -0.25) is 0 Å². The highest BCUT2D eigenvalue weighted by molar-refractivity contribution is 5.08. The summed E-state index contributed by atoms with van der Waals surface area (Å²) in [5, 5.41) is 3.84. The van der Waals surface area contributed by atoms with Crippen molar-refractivity contribution in [1.29, 1.82) is 0 Å². The largest absolute Gasteiger partial charge is 0.361 e. The third-order valence-corrected chi connectivity index (χ3v) is 1.71. The van der Waals surface area contributed by atoms with Gasteiger partial charge in [-0.1, -0.05) is 19.0 Å². The van der Waals surface area contributed by atoms with Gasteiger partial charge in [-0.25, -0.2) is 0 Å². The lowest BCUT2D eigenvalue weighted by atomic mass is 10.0. The minimum absolute atomic E-state index is 0.00699. The van der Waals surface area contributed by atoms with Crippen molar-refractivity contribution in [2.75, 3.05) is 0 Å². The van der Waals surface area contributed by atoms with Gasteiger partial charge in [-0.15, -0.1) is 0 Å². The molecule has 1 unspecified atom stereocenters. The number of nitrogens with two attached hydrogens (primary N) is 1. The number of aryl methyl sites for hydroxylation is 1. The SMILES string of the molecule is Cc1cc(C(N)C(C)C)no1. The molecule has 0 aliphatic heterocycles. The molecular weight excluding hydrogens is 140 g/mol. The molecule has 3 nitrogen and oxygen atoms in total. The molecule has 0 aliphatic rings. The van der Waals surface area contributed by atoms with Gasteiger partial charge < -0.3 is 10.3 Å². The van der Waals surface area contributed by atoms with E-state index in [4.69, 9.17) is 10.3 Å². The molecule has 1 heterocycles. The van der Waals surface area contributed by atoms with Crippen LogP contribution in [-0.4, -0.2) is 5.16 Å². The van der Waals surface area contributed by atoms with E-state index in [0.29, 0.717) is 5.92 Å². The topological polar surface area (TPSA) is 52.0 Å². The summed E-state index contributed by atoms with van der Waals surface area (Å²) in [4.78, 5) is 0. The molecule has 0 fully saturated rings. The van der Waals surface area contributed by atoms with Crippen LogP contribution in [0.25, 0.3) is 0 Å². The molecule has 2 N–H and O–H groups in total. The maximum absolute atomic E-state index is 5.83. The molecule has 0 aliphatic carbocycles. The highest BCUT2D eigenvalue weighted by Crippen LogP contribution is 2.17. The summed E-state index contributed by atoms with van der Waals surface area (Å²) in [5.41, 5.74) is 6.67.